The smallest absolute Gasteiger partial charge is 0.272 e. The highest BCUT2D eigenvalue weighted by Gasteiger charge is 2.17. The van der Waals surface area contributed by atoms with E-state index in [1.165, 1.54) is 35.5 Å². The molecule has 4 rings (SSSR count). The molecule has 0 aliphatic rings. The van der Waals surface area contributed by atoms with Crippen LogP contribution < -0.4 is 16.0 Å². The molecule has 0 spiro atoms. The third-order valence-electron chi connectivity index (χ3n) is 6.42. The maximum atomic E-state index is 13.4. The van der Waals surface area contributed by atoms with Gasteiger partial charge in [-0.1, -0.05) is 67.9 Å². The summed E-state index contributed by atoms with van der Waals surface area (Å²) in [6, 6.07) is 27.5. The molecule has 0 fully saturated rings. The highest BCUT2D eigenvalue weighted by atomic mass is 35.5. The molecule has 0 bridgehead atoms. The Labute approximate surface area is 259 Å². The Hall–Kier alpha value is -4.40. The SMILES string of the molecule is CC(Sc1ccc(NC(=O)/C(=C/c2ccc(C(C)C)cc2)NC(=O)c2ccccc2)cc1)C(=O)Nc1ccc(F)c(Cl)c1. The van der Waals surface area contributed by atoms with Crippen LogP contribution in [0, 0.1) is 5.82 Å². The quantitative estimate of drug-likeness (QED) is 0.124. The van der Waals surface area contributed by atoms with Gasteiger partial charge in [-0.2, -0.15) is 0 Å². The molecule has 3 N–H and O–H groups in total. The second-order valence-corrected chi connectivity index (χ2v) is 11.9. The largest absolute Gasteiger partial charge is 0.325 e. The lowest BCUT2D eigenvalue weighted by atomic mass is 10.0. The fourth-order valence-corrected chi connectivity index (χ4v) is 5.02. The molecule has 0 aliphatic heterocycles. The third kappa shape index (κ3) is 9.04. The van der Waals surface area contributed by atoms with Gasteiger partial charge in [0.25, 0.3) is 11.8 Å². The van der Waals surface area contributed by atoms with Crippen LogP contribution in [0.2, 0.25) is 5.02 Å². The summed E-state index contributed by atoms with van der Waals surface area (Å²) in [6.45, 7) is 5.96. The Morgan fingerprint density at radius 1 is 0.814 bits per heavy atom. The van der Waals surface area contributed by atoms with E-state index < -0.39 is 22.9 Å². The van der Waals surface area contributed by atoms with Crippen LogP contribution in [0.25, 0.3) is 6.08 Å². The van der Waals surface area contributed by atoms with E-state index in [-0.39, 0.29) is 16.6 Å². The van der Waals surface area contributed by atoms with Gasteiger partial charge in [0.15, 0.2) is 0 Å². The molecule has 4 aromatic rings. The predicted octanol–water partition coefficient (Wildman–Crippen LogP) is 8.13. The van der Waals surface area contributed by atoms with Crippen LogP contribution in [0.3, 0.4) is 0 Å². The molecule has 0 aromatic heterocycles. The van der Waals surface area contributed by atoms with Gasteiger partial charge in [-0.25, -0.2) is 4.39 Å². The van der Waals surface area contributed by atoms with Crippen LogP contribution in [0.1, 0.15) is 48.2 Å². The molecule has 220 valence electrons. The Morgan fingerprint density at radius 2 is 1.47 bits per heavy atom. The molecule has 6 nitrogen and oxygen atoms in total. The van der Waals surface area contributed by atoms with Gasteiger partial charge in [0.05, 0.1) is 10.3 Å². The lowest BCUT2D eigenvalue weighted by Gasteiger charge is -2.14. The minimum atomic E-state index is -0.559. The molecule has 0 radical (unpaired) electrons. The number of halogens is 2. The number of amides is 3. The summed E-state index contributed by atoms with van der Waals surface area (Å²) in [5.41, 5.74) is 3.38. The van der Waals surface area contributed by atoms with E-state index in [4.69, 9.17) is 11.6 Å². The van der Waals surface area contributed by atoms with Gasteiger partial charge < -0.3 is 16.0 Å². The van der Waals surface area contributed by atoms with Gasteiger partial charge in [-0.3, -0.25) is 14.4 Å². The summed E-state index contributed by atoms with van der Waals surface area (Å²) in [5, 5.41) is 7.78. The summed E-state index contributed by atoms with van der Waals surface area (Å²) in [4.78, 5) is 39.7. The first-order chi connectivity index (χ1) is 20.6. The number of carbonyl (C=O) groups excluding carboxylic acids is 3. The van der Waals surface area contributed by atoms with Gasteiger partial charge in [-0.15, -0.1) is 11.8 Å². The van der Waals surface area contributed by atoms with Gasteiger partial charge in [0.2, 0.25) is 5.91 Å². The lowest BCUT2D eigenvalue weighted by molar-refractivity contribution is -0.115. The predicted molar refractivity (Wildman–Crippen MR) is 173 cm³/mol. The molecule has 0 saturated heterocycles. The number of hydrogen-bond donors (Lipinski definition) is 3. The molecule has 0 heterocycles. The van der Waals surface area contributed by atoms with Crippen molar-refractivity contribution in [3.05, 3.63) is 130 Å². The van der Waals surface area contributed by atoms with Gasteiger partial charge in [0, 0.05) is 21.8 Å². The van der Waals surface area contributed by atoms with Gasteiger partial charge in [-0.05, 0) is 84.6 Å². The van der Waals surface area contributed by atoms with Gasteiger partial charge >= 0.3 is 0 Å². The van der Waals surface area contributed by atoms with Crippen LogP contribution in [-0.4, -0.2) is 23.0 Å². The average Bonchev–Trinajstić information content (AvgIpc) is 3.00. The van der Waals surface area contributed by atoms with E-state index in [0.29, 0.717) is 22.9 Å². The van der Waals surface area contributed by atoms with E-state index in [9.17, 15) is 18.8 Å². The summed E-state index contributed by atoms with van der Waals surface area (Å²) >= 11 is 7.12. The fraction of sp³-hybridized carbons (Fsp3) is 0.147. The first-order valence-corrected chi connectivity index (χ1v) is 14.9. The zero-order valence-electron chi connectivity index (χ0n) is 23.9. The minimum Gasteiger partial charge on any atom is -0.325 e. The molecule has 1 unspecified atom stereocenters. The van der Waals surface area contributed by atoms with E-state index in [1.807, 2.05) is 30.3 Å². The molecule has 0 saturated carbocycles. The second-order valence-electron chi connectivity index (χ2n) is 10.1. The Balaban J connectivity index is 1.44. The first kappa shape index (κ1) is 31.5. The summed E-state index contributed by atoms with van der Waals surface area (Å²) in [7, 11) is 0. The van der Waals surface area contributed by atoms with Crippen molar-refractivity contribution in [2.45, 2.75) is 36.8 Å². The normalized spacial score (nSPS) is 12.0. The lowest BCUT2D eigenvalue weighted by Crippen LogP contribution is -2.30. The fourth-order valence-electron chi connectivity index (χ4n) is 3.98. The molecule has 0 aliphatic carbocycles. The van der Waals surface area contributed by atoms with E-state index in [2.05, 4.69) is 29.8 Å². The van der Waals surface area contributed by atoms with Crippen molar-refractivity contribution >= 4 is 58.5 Å². The summed E-state index contributed by atoms with van der Waals surface area (Å²) in [6.07, 6.45) is 1.64. The van der Waals surface area contributed by atoms with Crippen molar-refractivity contribution in [2.24, 2.45) is 0 Å². The summed E-state index contributed by atoms with van der Waals surface area (Å²) < 4.78 is 13.4. The molecule has 4 aromatic carbocycles. The first-order valence-electron chi connectivity index (χ1n) is 13.6. The van der Waals surface area contributed by atoms with Crippen LogP contribution in [0.4, 0.5) is 15.8 Å². The zero-order chi connectivity index (χ0) is 30.9. The third-order valence-corrected chi connectivity index (χ3v) is 7.83. The van der Waals surface area contributed by atoms with Crippen LogP contribution >= 0.6 is 23.4 Å². The Bertz CT molecular complexity index is 1630. The maximum Gasteiger partial charge on any atom is 0.272 e. The number of carbonyl (C=O) groups is 3. The minimum absolute atomic E-state index is 0.0718. The van der Waals surface area contributed by atoms with Crippen molar-refractivity contribution in [3.8, 4) is 0 Å². The van der Waals surface area contributed by atoms with Crippen molar-refractivity contribution in [1.29, 1.82) is 0 Å². The zero-order valence-corrected chi connectivity index (χ0v) is 25.4. The number of rotatable bonds is 10. The topological polar surface area (TPSA) is 87.3 Å². The number of thioether (sulfide) groups is 1. The second kappa shape index (κ2) is 14.7. The van der Waals surface area contributed by atoms with E-state index >= 15 is 0 Å². The van der Waals surface area contributed by atoms with E-state index in [1.54, 1.807) is 61.5 Å². The highest BCUT2D eigenvalue weighted by Crippen LogP contribution is 2.27. The molecular formula is C34H31ClFN3O3S. The Kier molecular flexibility index (Phi) is 10.8. The Morgan fingerprint density at radius 3 is 2.09 bits per heavy atom. The molecule has 43 heavy (non-hydrogen) atoms. The van der Waals surface area contributed by atoms with Crippen LogP contribution in [0.15, 0.2) is 108 Å². The van der Waals surface area contributed by atoms with Crippen molar-refractivity contribution in [3.63, 3.8) is 0 Å². The molecule has 1 atom stereocenters. The average molecular weight is 616 g/mol. The highest BCUT2D eigenvalue weighted by molar-refractivity contribution is 8.00. The van der Waals surface area contributed by atoms with Crippen molar-refractivity contribution in [2.75, 3.05) is 10.6 Å². The van der Waals surface area contributed by atoms with E-state index in [0.717, 1.165) is 10.5 Å². The maximum absolute atomic E-state index is 13.4. The van der Waals surface area contributed by atoms with Gasteiger partial charge in [0.1, 0.15) is 11.5 Å². The molecular weight excluding hydrogens is 585 g/mol. The number of hydrogen-bond acceptors (Lipinski definition) is 4. The number of anilines is 2. The number of nitrogens with one attached hydrogen (secondary N) is 3. The summed E-state index contributed by atoms with van der Waals surface area (Å²) in [5.74, 6) is -1.34. The van der Waals surface area contributed by atoms with Crippen molar-refractivity contribution < 1.29 is 18.8 Å². The number of benzene rings is 4. The van der Waals surface area contributed by atoms with Crippen LogP contribution in [-0.2, 0) is 9.59 Å². The molecule has 9 heteroatoms. The van der Waals surface area contributed by atoms with Crippen molar-refractivity contribution in [1.82, 2.24) is 5.32 Å². The monoisotopic (exact) mass is 615 g/mol. The standard InChI is InChI=1S/C34H31ClFN3O3S/c1-21(2)24-11-9-23(10-12-24)19-31(39-33(41)25-7-5-4-6-8-25)34(42)37-26-13-16-28(17-14-26)43-22(3)32(40)38-27-15-18-30(36)29(35)20-27/h4-22H,1-3H3,(H,37,42)(H,38,40)(H,39,41)/b31-19-. The van der Waals surface area contributed by atoms with Crippen LogP contribution in [0.5, 0.6) is 0 Å². The molecule has 3 amide bonds.